The molecule has 0 heterocycles. The molecule has 1 atom stereocenters. The number of halogens is 1. The van der Waals surface area contributed by atoms with Crippen LogP contribution in [0.4, 0.5) is 4.39 Å². The summed E-state index contributed by atoms with van der Waals surface area (Å²) in [5.41, 5.74) is 0.573. The van der Waals surface area contributed by atoms with Crippen LogP contribution in [-0.4, -0.2) is 17.8 Å². The molecule has 1 aromatic carbocycles. The van der Waals surface area contributed by atoms with Crippen LogP contribution in [0.5, 0.6) is 0 Å². The second-order valence-corrected chi connectivity index (χ2v) is 5.11. The monoisotopic (exact) mass is 251 g/mol. The minimum absolute atomic E-state index is 0.0581. The largest absolute Gasteiger partial charge is 0.394 e. The number of rotatable bonds is 4. The predicted molar refractivity (Wildman–Crippen MR) is 70.9 cm³/mol. The third-order valence-corrected chi connectivity index (χ3v) is 3.76. The van der Waals surface area contributed by atoms with Crippen LogP contribution in [0.25, 0.3) is 0 Å². The molecule has 2 N–H and O–H groups in total. The van der Waals surface area contributed by atoms with Crippen LogP contribution in [0, 0.1) is 5.82 Å². The molecule has 0 aromatic heterocycles. The summed E-state index contributed by atoms with van der Waals surface area (Å²) in [6, 6.07) is 6.82. The summed E-state index contributed by atoms with van der Waals surface area (Å²) in [4.78, 5) is 0. The van der Waals surface area contributed by atoms with Crippen molar-refractivity contribution < 1.29 is 9.50 Å². The van der Waals surface area contributed by atoms with Crippen molar-refractivity contribution in [2.24, 2.45) is 0 Å². The molecule has 2 rings (SSSR count). The Morgan fingerprint density at radius 3 is 2.44 bits per heavy atom. The Bertz CT molecular complexity index is 361. The SMILES string of the molecule is OCC(NC1CCCCCC1)c1ccccc1F. The number of benzene rings is 1. The highest BCUT2D eigenvalue weighted by atomic mass is 19.1. The molecule has 2 nitrogen and oxygen atoms in total. The molecule has 0 amide bonds. The first-order chi connectivity index (χ1) is 8.81. The van der Waals surface area contributed by atoms with E-state index in [-0.39, 0.29) is 18.5 Å². The maximum Gasteiger partial charge on any atom is 0.128 e. The number of nitrogens with one attached hydrogen (secondary N) is 1. The van der Waals surface area contributed by atoms with Gasteiger partial charge in [0.05, 0.1) is 12.6 Å². The molecule has 1 unspecified atom stereocenters. The smallest absolute Gasteiger partial charge is 0.128 e. The van der Waals surface area contributed by atoms with Crippen LogP contribution in [0.3, 0.4) is 0 Å². The van der Waals surface area contributed by atoms with Crippen LogP contribution in [0.2, 0.25) is 0 Å². The van der Waals surface area contributed by atoms with Gasteiger partial charge in [0, 0.05) is 11.6 Å². The molecule has 100 valence electrons. The molecular formula is C15H22FNO. The Morgan fingerprint density at radius 2 is 1.83 bits per heavy atom. The lowest BCUT2D eigenvalue weighted by atomic mass is 10.0. The van der Waals surface area contributed by atoms with E-state index in [9.17, 15) is 9.50 Å². The first-order valence-corrected chi connectivity index (χ1v) is 6.92. The number of aliphatic hydroxyl groups excluding tert-OH is 1. The van der Waals surface area contributed by atoms with Gasteiger partial charge in [-0.25, -0.2) is 4.39 Å². The van der Waals surface area contributed by atoms with Crippen LogP contribution >= 0.6 is 0 Å². The van der Waals surface area contributed by atoms with Crippen molar-refractivity contribution in [3.05, 3.63) is 35.6 Å². The average Bonchev–Trinajstić information content (AvgIpc) is 2.65. The molecule has 0 bridgehead atoms. The van der Waals surface area contributed by atoms with Crippen molar-refractivity contribution in [1.82, 2.24) is 5.32 Å². The summed E-state index contributed by atoms with van der Waals surface area (Å²) < 4.78 is 13.7. The van der Waals surface area contributed by atoms with Gasteiger partial charge < -0.3 is 10.4 Å². The van der Waals surface area contributed by atoms with Crippen LogP contribution in [-0.2, 0) is 0 Å². The minimum atomic E-state index is -0.283. The molecule has 1 aliphatic rings. The fourth-order valence-electron chi connectivity index (χ4n) is 2.73. The van der Waals surface area contributed by atoms with Gasteiger partial charge in [-0.3, -0.25) is 0 Å². The van der Waals surface area contributed by atoms with Gasteiger partial charge in [-0.1, -0.05) is 43.9 Å². The molecule has 3 heteroatoms. The maximum atomic E-state index is 13.7. The molecule has 1 saturated carbocycles. The van der Waals surface area contributed by atoms with E-state index >= 15 is 0 Å². The number of aliphatic hydroxyl groups is 1. The van der Waals surface area contributed by atoms with Crippen LogP contribution in [0.15, 0.2) is 24.3 Å². The Kier molecular flexibility index (Phi) is 5.14. The summed E-state index contributed by atoms with van der Waals surface area (Å²) in [6.45, 7) is -0.0581. The number of hydrogen-bond acceptors (Lipinski definition) is 2. The van der Waals surface area contributed by atoms with Crippen molar-refractivity contribution in [3.8, 4) is 0 Å². The van der Waals surface area contributed by atoms with Crippen molar-refractivity contribution >= 4 is 0 Å². The first-order valence-electron chi connectivity index (χ1n) is 6.92. The zero-order valence-electron chi connectivity index (χ0n) is 10.7. The molecule has 1 aromatic rings. The Balaban J connectivity index is 2.02. The summed E-state index contributed by atoms with van der Waals surface area (Å²) >= 11 is 0. The van der Waals surface area contributed by atoms with Gasteiger partial charge in [-0.2, -0.15) is 0 Å². The Morgan fingerprint density at radius 1 is 1.17 bits per heavy atom. The topological polar surface area (TPSA) is 32.3 Å². The van der Waals surface area contributed by atoms with E-state index in [0.717, 1.165) is 12.8 Å². The Labute approximate surface area is 108 Å². The highest BCUT2D eigenvalue weighted by Crippen LogP contribution is 2.22. The van der Waals surface area contributed by atoms with Gasteiger partial charge >= 0.3 is 0 Å². The van der Waals surface area contributed by atoms with Crippen molar-refractivity contribution in [1.29, 1.82) is 0 Å². The lowest BCUT2D eigenvalue weighted by molar-refractivity contribution is 0.225. The van der Waals surface area contributed by atoms with E-state index in [1.165, 1.54) is 31.7 Å². The van der Waals surface area contributed by atoms with Gasteiger partial charge in [0.25, 0.3) is 0 Å². The standard InChI is InChI=1S/C15H22FNO/c16-14-10-6-5-9-13(14)15(11-18)17-12-7-3-1-2-4-8-12/h5-6,9-10,12,15,17-18H,1-4,7-8,11H2. The normalized spacial score (nSPS) is 19.4. The van der Waals surface area contributed by atoms with Crippen molar-refractivity contribution in [2.75, 3.05) is 6.61 Å². The fraction of sp³-hybridized carbons (Fsp3) is 0.600. The average molecular weight is 251 g/mol. The molecule has 0 saturated heterocycles. The van der Waals surface area contributed by atoms with Crippen LogP contribution < -0.4 is 5.32 Å². The zero-order chi connectivity index (χ0) is 12.8. The highest BCUT2D eigenvalue weighted by molar-refractivity contribution is 5.21. The zero-order valence-corrected chi connectivity index (χ0v) is 10.7. The molecule has 1 aliphatic carbocycles. The molecule has 18 heavy (non-hydrogen) atoms. The molecule has 0 spiro atoms. The predicted octanol–water partition coefficient (Wildman–Crippen LogP) is 3.17. The van der Waals surface area contributed by atoms with Gasteiger partial charge in [-0.05, 0) is 18.9 Å². The van der Waals surface area contributed by atoms with Gasteiger partial charge in [0.2, 0.25) is 0 Å². The summed E-state index contributed by atoms with van der Waals surface area (Å²) in [7, 11) is 0. The van der Waals surface area contributed by atoms with E-state index in [4.69, 9.17) is 0 Å². The lowest BCUT2D eigenvalue weighted by Crippen LogP contribution is -2.34. The second kappa shape index (κ2) is 6.86. The van der Waals surface area contributed by atoms with E-state index in [1.54, 1.807) is 12.1 Å². The maximum absolute atomic E-state index is 13.7. The third-order valence-electron chi connectivity index (χ3n) is 3.76. The second-order valence-electron chi connectivity index (χ2n) is 5.11. The Hall–Kier alpha value is -0.930. The van der Waals surface area contributed by atoms with Gasteiger partial charge in [0.1, 0.15) is 5.82 Å². The van der Waals surface area contributed by atoms with Gasteiger partial charge in [-0.15, -0.1) is 0 Å². The molecule has 0 aliphatic heterocycles. The molecule has 1 fully saturated rings. The van der Waals surface area contributed by atoms with E-state index < -0.39 is 0 Å². The molecular weight excluding hydrogens is 229 g/mol. The van der Waals surface area contributed by atoms with E-state index in [2.05, 4.69) is 5.32 Å². The highest BCUT2D eigenvalue weighted by Gasteiger charge is 2.19. The first kappa shape index (κ1) is 13.5. The minimum Gasteiger partial charge on any atom is -0.394 e. The molecule has 0 radical (unpaired) electrons. The van der Waals surface area contributed by atoms with E-state index in [1.807, 2.05) is 6.07 Å². The number of hydrogen-bond donors (Lipinski definition) is 2. The van der Waals surface area contributed by atoms with Crippen molar-refractivity contribution in [2.45, 2.75) is 50.6 Å². The summed E-state index contributed by atoms with van der Waals surface area (Å²) in [5.74, 6) is -0.238. The van der Waals surface area contributed by atoms with Gasteiger partial charge in [0.15, 0.2) is 0 Å². The quantitative estimate of drug-likeness (QED) is 0.806. The van der Waals surface area contributed by atoms with E-state index in [0.29, 0.717) is 11.6 Å². The summed E-state index contributed by atoms with van der Waals surface area (Å²) in [5, 5.41) is 12.9. The fourth-order valence-corrected chi connectivity index (χ4v) is 2.73. The lowest BCUT2D eigenvalue weighted by Gasteiger charge is -2.24. The van der Waals surface area contributed by atoms with Crippen LogP contribution in [0.1, 0.15) is 50.1 Å². The third kappa shape index (κ3) is 3.53. The summed E-state index contributed by atoms with van der Waals surface area (Å²) in [6.07, 6.45) is 7.30. The van der Waals surface area contributed by atoms with Crippen molar-refractivity contribution in [3.63, 3.8) is 0 Å².